The summed E-state index contributed by atoms with van der Waals surface area (Å²) in [6, 6.07) is 33.5. The van der Waals surface area contributed by atoms with E-state index in [1.54, 1.807) is 36.4 Å². The Kier molecular flexibility index (Phi) is 9.35. The highest BCUT2D eigenvalue weighted by Crippen LogP contribution is 2.22. The smallest absolute Gasteiger partial charge is 0.257 e. The molecule has 5 rings (SSSR count). The average molecular weight is 607 g/mol. The number of carbonyl (C=O) groups excluding carboxylic acids is 2. The van der Waals surface area contributed by atoms with Crippen LogP contribution in [0.15, 0.2) is 115 Å². The summed E-state index contributed by atoms with van der Waals surface area (Å²) in [6.45, 7) is 4.63. The van der Waals surface area contributed by atoms with Crippen LogP contribution in [0.2, 0.25) is 0 Å². The standard InChI is InChI=1S/C35H34N4O4S/c1-3-38(30-17-8-5-9-18-30)35(41)31(34(40)37-44(42,43)22-21-27-13-6-4-7-14-27)24-28-15-12-16-29(23-28)25-39-26(2)36-32-19-10-11-20-33(32)39/h4-23,31H,3,24-25H2,1-2H3,(H,37,40)/b22-21+. The number of rotatable bonds is 11. The van der Waals surface area contributed by atoms with E-state index in [4.69, 9.17) is 0 Å². The van der Waals surface area contributed by atoms with Crippen LogP contribution in [-0.2, 0) is 32.6 Å². The van der Waals surface area contributed by atoms with Crippen LogP contribution in [0.3, 0.4) is 0 Å². The predicted molar refractivity (Wildman–Crippen MR) is 174 cm³/mol. The van der Waals surface area contributed by atoms with E-state index in [-0.39, 0.29) is 6.42 Å². The maximum Gasteiger partial charge on any atom is 0.257 e. The number of imidazole rings is 1. The zero-order chi connectivity index (χ0) is 31.1. The molecule has 44 heavy (non-hydrogen) atoms. The Morgan fingerprint density at radius 2 is 1.55 bits per heavy atom. The summed E-state index contributed by atoms with van der Waals surface area (Å²) in [5, 5.41) is 0.939. The molecule has 0 saturated heterocycles. The predicted octanol–water partition coefficient (Wildman–Crippen LogP) is 5.72. The van der Waals surface area contributed by atoms with Gasteiger partial charge in [-0.2, -0.15) is 0 Å². The second kappa shape index (κ2) is 13.5. The minimum atomic E-state index is -4.18. The van der Waals surface area contributed by atoms with E-state index in [0.717, 1.165) is 33.4 Å². The highest BCUT2D eigenvalue weighted by atomic mass is 32.2. The van der Waals surface area contributed by atoms with Crippen molar-refractivity contribution < 1.29 is 18.0 Å². The van der Waals surface area contributed by atoms with Gasteiger partial charge in [-0.05, 0) is 67.3 Å². The fraction of sp³-hybridized carbons (Fsp3) is 0.171. The van der Waals surface area contributed by atoms with Crippen molar-refractivity contribution in [3.05, 3.63) is 137 Å². The van der Waals surface area contributed by atoms with Crippen LogP contribution in [0, 0.1) is 12.8 Å². The van der Waals surface area contributed by atoms with E-state index >= 15 is 0 Å². The molecule has 2 amide bonds. The van der Waals surface area contributed by atoms with Gasteiger partial charge < -0.3 is 9.47 Å². The summed E-state index contributed by atoms with van der Waals surface area (Å²) < 4.78 is 30.1. The molecule has 1 N–H and O–H groups in total. The maximum atomic E-state index is 14.0. The fourth-order valence-electron chi connectivity index (χ4n) is 5.20. The van der Waals surface area contributed by atoms with E-state index in [2.05, 4.69) is 14.3 Å². The Morgan fingerprint density at radius 3 is 2.27 bits per heavy atom. The number of anilines is 1. The van der Waals surface area contributed by atoms with Gasteiger partial charge >= 0.3 is 0 Å². The quantitative estimate of drug-likeness (QED) is 0.194. The third-order valence-electron chi connectivity index (χ3n) is 7.36. The number of sulfonamides is 1. The molecule has 1 atom stereocenters. The van der Waals surface area contributed by atoms with Gasteiger partial charge in [0.15, 0.2) is 0 Å². The number of benzene rings is 4. The Morgan fingerprint density at radius 1 is 0.886 bits per heavy atom. The zero-order valence-electron chi connectivity index (χ0n) is 24.6. The van der Waals surface area contributed by atoms with Crippen LogP contribution < -0.4 is 9.62 Å². The van der Waals surface area contributed by atoms with Crippen LogP contribution in [0.4, 0.5) is 5.69 Å². The summed E-state index contributed by atoms with van der Waals surface area (Å²) in [6.07, 6.45) is 1.42. The van der Waals surface area contributed by atoms with Crippen LogP contribution in [-0.4, -0.2) is 36.3 Å². The number of amides is 2. The first kappa shape index (κ1) is 30.4. The van der Waals surface area contributed by atoms with Crippen molar-refractivity contribution in [1.29, 1.82) is 0 Å². The molecule has 0 spiro atoms. The molecule has 1 aromatic heterocycles. The normalized spacial score (nSPS) is 12.3. The van der Waals surface area contributed by atoms with Gasteiger partial charge in [0.2, 0.25) is 11.8 Å². The zero-order valence-corrected chi connectivity index (χ0v) is 25.4. The van der Waals surface area contributed by atoms with Crippen LogP contribution in [0.5, 0.6) is 0 Å². The number of nitrogens with zero attached hydrogens (tertiary/aromatic N) is 3. The van der Waals surface area contributed by atoms with Crippen LogP contribution in [0.1, 0.15) is 29.4 Å². The molecular weight excluding hydrogens is 572 g/mol. The molecule has 0 saturated carbocycles. The van der Waals surface area contributed by atoms with Gasteiger partial charge in [-0.25, -0.2) is 18.1 Å². The number of hydrogen-bond donors (Lipinski definition) is 1. The molecule has 5 aromatic rings. The van der Waals surface area contributed by atoms with E-state index in [1.165, 1.54) is 11.0 Å². The van der Waals surface area contributed by atoms with Gasteiger partial charge in [0, 0.05) is 18.8 Å². The Labute approximate surface area is 257 Å². The molecular formula is C35H34N4O4S. The number of fused-ring (bicyclic) bond motifs is 1. The van der Waals surface area contributed by atoms with Crippen molar-refractivity contribution in [2.75, 3.05) is 11.4 Å². The molecule has 1 heterocycles. The van der Waals surface area contributed by atoms with Gasteiger partial charge in [0.1, 0.15) is 11.7 Å². The van der Waals surface area contributed by atoms with Crippen molar-refractivity contribution >= 4 is 44.6 Å². The lowest BCUT2D eigenvalue weighted by molar-refractivity contribution is -0.132. The van der Waals surface area contributed by atoms with Crippen LogP contribution >= 0.6 is 0 Å². The lowest BCUT2D eigenvalue weighted by Crippen LogP contribution is -2.46. The maximum absolute atomic E-state index is 14.0. The van der Waals surface area contributed by atoms with Crippen LogP contribution in [0.25, 0.3) is 17.1 Å². The Hall–Kier alpha value is -5.02. The minimum absolute atomic E-state index is 0.0173. The number of carbonyl (C=O) groups is 2. The number of hydrogen-bond acceptors (Lipinski definition) is 5. The summed E-state index contributed by atoms with van der Waals surface area (Å²) in [5.74, 6) is -1.79. The highest BCUT2D eigenvalue weighted by molar-refractivity contribution is 7.93. The number of aromatic nitrogens is 2. The molecule has 224 valence electrons. The summed E-state index contributed by atoms with van der Waals surface area (Å²) >= 11 is 0. The first-order chi connectivity index (χ1) is 21.2. The van der Waals surface area contributed by atoms with Gasteiger partial charge in [-0.15, -0.1) is 0 Å². The molecule has 8 nitrogen and oxygen atoms in total. The number of nitrogens with one attached hydrogen (secondary N) is 1. The van der Waals surface area contributed by atoms with Gasteiger partial charge in [0.25, 0.3) is 10.0 Å². The summed E-state index contributed by atoms with van der Waals surface area (Å²) in [7, 11) is -4.18. The first-order valence-electron chi connectivity index (χ1n) is 14.4. The lowest BCUT2D eigenvalue weighted by Gasteiger charge is -2.26. The number of para-hydroxylation sites is 3. The largest absolute Gasteiger partial charge is 0.324 e. The fourth-order valence-corrected chi connectivity index (χ4v) is 6.03. The minimum Gasteiger partial charge on any atom is -0.324 e. The Balaban J connectivity index is 1.43. The van der Waals surface area contributed by atoms with Crippen molar-refractivity contribution in [2.24, 2.45) is 5.92 Å². The molecule has 0 aliphatic heterocycles. The second-order valence-corrected chi connectivity index (χ2v) is 12.0. The molecule has 1 unspecified atom stereocenters. The molecule has 4 aromatic carbocycles. The summed E-state index contributed by atoms with van der Waals surface area (Å²) in [4.78, 5) is 33.7. The van der Waals surface area contributed by atoms with Crippen molar-refractivity contribution in [1.82, 2.24) is 14.3 Å². The molecule has 9 heteroatoms. The monoisotopic (exact) mass is 606 g/mol. The van der Waals surface area contributed by atoms with E-state index < -0.39 is 27.8 Å². The molecule has 0 radical (unpaired) electrons. The highest BCUT2D eigenvalue weighted by Gasteiger charge is 2.33. The third kappa shape index (κ3) is 7.30. The SMILES string of the molecule is CCN(C(=O)C(Cc1cccc(Cn2c(C)nc3ccccc32)c1)C(=O)NS(=O)(=O)/C=C/c1ccccc1)c1ccccc1. The molecule has 0 fully saturated rings. The van der Waals surface area contributed by atoms with Gasteiger partial charge in [-0.3, -0.25) is 9.59 Å². The molecule has 0 aliphatic carbocycles. The lowest BCUT2D eigenvalue weighted by atomic mass is 9.95. The summed E-state index contributed by atoms with van der Waals surface area (Å²) in [5.41, 5.74) is 4.91. The Bertz CT molecular complexity index is 1900. The van der Waals surface area contributed by atoms with E-state index in [0.29, 0.717) is 24.3 Å². The topological polar surface area (TPSA) is 101 Å². The number of aryl methyl sites for hydroxylation is 1. The average Bonchev–Trinajstić information content (AvgIpc) is 3.34. The van der Waals surface area contributed by atoms with Crippen molar-refractivity contribution in [3.63, 3.8) is 0 Å². The second-order valence-electron chi connectivity index (χ2n) is 10.5. The van der Waals surface area contributed by atoms with Gasteiger partial charge in [0.05, 0.1) is 16.4 Å². The van der Waals surface area contributed by atoms with E-state index in [9.17, 15) is 18.0 Å². The molecule has 0 bridgehead atoms. The van der Waals surface area contributed by atoms with Crippen molar-refractivity contribution in [3.8, 4) is 0 Å². The molecule has 0 aliphatic rings. The van der Waals surface area contributed by atoms with Crippen molar-refractivity contribution in [2.45, 2.75) is 26.8 Å². The first-order valence-corrected chi connectivity index (χ1v) is 15.9. The third-order valence-corrected chi connectivity index (χ3v) is 8.34. The van der Waals surface area contributed by atoms with Gasteiger partial charge in [-0.1, -0.05) is 84.9 Å². The van der Waals surface area contributed by atoms with E-state index in [1.807, 2.05) is 86.6 Å².